The van der Waals surface area contributed by atoms with Crippen LogP contribution in [0.1, 0.15) is 37.3 Å². The fourth-order valence-corrected chi connectivity index (χ4v) is 4.81. The third-order valence-corrected chi connectivity index (χ3v) is 6.57. The van der Waals surface area contributed by atoms with Crippen molar-refractivity contribution in [3.8, 4) is 11.3 Å². The molecule has 4 nitrogen and oxygen atoms in total. The first kappa shape index (κ1) is 22.5. The first-order chi connectivity index (χ1) is 16.4. The Morgan fingerprint density at radius 2 is 1.62 bits per heavy atom. The van der Waals surface area contributed by atoms with Gasteiger partial charge in [-0.25, -0.2) is 0 Å². The Bertz CT molecular complexity index is 1230. The molecule has 3 aromatic rings. The molecule has 1 saturated heterocycles. The topological polar surface area (TPSA) is 44.8 Å². The second kappa shape index (κ2) is 9.14. The minimum absolute atomic E-state index is 0.111. The summed E-state index contributed by atoms with van der Waals surface area (Å²) < 4.78 is 41.5. The van der Waals surface area contributed by atoms with Gasteiger partial charge in [0.1, 0.15) is 5.70 Å². The number of rotatable bonds is 4. The van der Waals surface area contributed by atoms with E-state index in [9.17, 15) is 13.2 Å². The predicted molar refractivity (Wildman–Crippen MR) is 130 cm³/mol. The zero-order valence-corrected chi connectivity index (χ0v) is 19.1. The third-order valence-electron chi connectivity index (χ3n) is 6.57. The molecule has 0 unspecified atom stereocenters. The van der Waals surface area contributed by atoms with E-state index in [1.54, 1.807) is 6.07 Å². The van der Waals surface area contributed by atoms with Crippen molar-refractivity contribution in [3.05, 3.63) is 77.4 Å². The number of aromatic nitrogens is 1. The molecule has 1 fully saturated rings. The molecular formula is C27H28F3N4+. The van der Waals surface area contributed by atoms with Crippen molar-refractivity contribution in [1.29, 1.82) is 0 Å². The Kier molecular flexibility index (Phi) is 6.04. The van der Waals surface area contributed by atoms with Crippen molar-refractivity contribution >= 4 is 22.9 Å². The maximum Gasteiger partial charge on any atom is 0.417 e. The van der Waals surface area contributed by atoms with Crippen LogP contribution in [0.3, 0.4) is 0 Å². The molecule has 7 heteroatoms. The highest BCUT2D eigenvalue weighted by atomic mass is 19.4. The summed E-state index contributed by atoms with van der Waals surface area (Å²) in [5.74, 6) is 0.668. The quantitative estimate of drug-likeness (QED) is 0.511. The Hall–Kier alpha value is -3.32. The summed E-state index contributed by atoms with van der Waals surface area (Å²) in [6.45, 7) is 4.60. The lowest BCUT2D eigenvalue weighted by atomic mass is 10.0. The third kappa shape index (κ3) is 4.53. The van der Waals surface area contributed by atoms with Crippen molar-refractivity contribution in [1.82, 2.24) is 4.98 Å². The normalized spacial score (nSPS) is 16.3. The van der Waals surface area contributed by atoms with Crippen LogP contribution in [0.25, 0.3) is 17.0 Å². The van der Waals surface area contributed by atoms with Gasteiger partial charge in [0, 0.05) is 48.2 Å². The first-order valence-electron chi connectivity index (χ1n) is 11.7. The molecule has 3 N–H and O–H groups in total. The monoisotopic (exact) mass is 465 g/mol. The van der Waals surface area contributed by atoms with E-state index in [4.69, 9.17) is 4.98 Å². The van der Waals surface area contributed by atoms with E-state index in [2.05, 4.69) is 23.2 Å². The van der Waals surface area contributed by atoms with Crippen LogP contribution < -0.4 is 15.5 Å². The van der Waals surface area contributed by atoms with Gasteiger partial charge >= 0.3 is 6.18 Å². The molecule has 0 bridgehead atoms. The van der Waals surface area contributed by atoms with Crippen molar-refractivity contribution in [2.24, 2.45) is 0 Å². The van der Waals surface area contributed by atoms with Gasteiger partial charge in [-0.3, -0.25) is 5.32 Å². The largest absolute Gasteiger partial charge is 0.417 e. The molecule has 0 aliphatic carbocycles. The Balaban J connectivity index is 1.61. The zero-order chi connectivity index (χ0) is 23.7. The van der Waals surface area contributed by atoms with Crippen molar-refractivity contribution in [2.45, 2.75) is 32.4 Å². The molecule has 2 aliphatic heterocycles. The number of hydrogen-bond donors (Lipinski definition) is 2. The number of benzene rings is 2. The molecule has 34 heavy (non-hydrogen) atoms. The molecule has 0 atom stereocenters. The molecule has 176 valence electrons. The number of piperidine rings is 1. The van der Waals surface area contributed by atoms with Crippen LogP contribution in [0, 0.1) is 0 Å². The van der Waals surface area contributed by atoms with Gasteiger partial charge in [-0.05, 0) is 50.5 Å². The average Bonchev–Trinajstić information content (AvgIpc) is 2.86. The number of anilines is 2. The molecular weight excluding hydrogens is 437 g/mol. The number of hydrogen-bond acceptors (Lipinski definition) is 3. The first-order valence-corrected chi connectivity index (χ1v) is 11.7. The van der Waals surface area contributed by atoms with Gasteiger partial charge in [-0.2, -0.15) is 18.2 Å². The number of quaternary nitrogens is 1. The summed E-state index contributed by atoms with van der Waals surface area (Å²) in [7, 11) is 0. The fraction of sp³-hybridized carbons (Fsp3) is 0.296. The van der Waals surface area contributed by atoms with Gasteiger partial charge in [-0.1, -0.05) is 30.3 Å². The van der Waals surface area contributed by atoms with Gasteiger partial charge in [0.05, 0.1) is 16.8 Å². The Morgan fingerprint density at radius 3 is 2.38 bits per heavy atom. The van der Waals surface area contributed by atoms with Gasteiger partial charge in [0.2, 0.25) is 5.82 Å². The molecule has 0 radical (unpaired) electrons. The van der Waals surface area contributed by atoms with Crippen LogP contribution in [0.4, 0.5) is 30.4 Å². The highest BCUT2D eigenvalue weighted by molar-refractivity contribution is 5.77. The van der Waals surface area contributed by atoms with Crippen LogP contribution in [-0.2, 0) is 6.18 Å². The standard InChI is InChI=1S/C27H27F3N4/c1-18-17-31-23-12-6-4-10-21(23)26(18)33-25-16-19(34-13-7-2-8-14-34)15-24(32-25)20-9-3-5-11-22(20)27(28,29)30/h3-6,9-12,15-16,31H,2,7-8,13-14,17H2,1H3,(H,32,33)/p+1. The minimum atomic E-state index is -4.45. The lowest BCUT2D eigenvalue weighted by Crippen LogP contribution is -2.76. The maximum absolute atomic E-state index is 13.8. The van der Waals surface area contributed by atoms with E-state index in [-0.39, 0.29) is 5.56 Å². The van der Waals surface area contributed by atoms with E-state index in [0.717, 1.165) is 61.2 Å². The van der Waals surface area contributed by atoms with Gasteiger partial charge in [-0.15, -0.1) is 0 Å². The maximum atomic E-state index is 13.8. The second-order valence-electron chi connectivity index (χ2n) is 8.96. The van der Waals surface area contributed by atoms with Crippen LogP contribution in [0.2, 0.25) is 0 Å². The van der Waals surface area contributed by atoms with Gasteiger partial charge in [0.25, 0.3) is 0 Å². The van der Waals surface area contributed by atoms with Crippen LogP contribution in [-0.4, -0.2) is 24.6 Å². The van der Waals surface area contributed by atoms with Crippen LogP contribution >= 0.6 is 0 Å². The minimum Gasteiger partial charge on any atom is -0.380 e. The van der Waals surface area contributed by atoms with E-state index in [0.29, 0.717) is 11.5 Å². The summed E-state index contributed by atoms with van der Waals surface area (Å²) >= 11 is 0. The number of nitrogens with one attached hydrogen (secondary N) is 1. The second-order valence-corrected chi connectivity index (χ2v) is 8.96. The van der Waals surface area contributed by atoms with Crippen molar-refractivity contribution < 1.29 is 18.5 Å². The lowest BCUT2D eigenvalue weighted by molar-refractivity contribution is -0.474. The highest BCUT2D eigenvalue weighted by Crippen LogP contribution is 2.38. The summed E-state index contributed by atoms with van der Waals surface area (Å²) in [4.78, 5) is 7.00. The molecule has 2 aromatic carbocycles. The number of halogens is 3. The van der Waals surface area contributed by atoms with Crippen LogP contribution in [0.15, 0.2) is 66.2 Å². The number of nitrogens with zero attached hydrogens (tertiary/aromatic N) is 2. The number of pyridine rings is 1. The van der Waals surface area contributed by atoms with E-state index in [1.807, 2.05) is 35.6 Å². The van der Waals surface area contributed by atoms with Crippen molar-refractivity contribution in [2.75, 3.05) is 29.9 Å². The molecule has 0 spiro atoms. The summed E-state index contributed by atoms with van der Waals surface area (Å²) in [6, 6.07) is 17.6. The Morgan fingerprint density at radius 1 is 0.912 bits per heavy atom. The van der Waals surface area contributed by atoms with E-state index < -0.39 is 11.7 Å². The highest BCUT2D eigenvalue weighted by Gasteiger charge is 2.34. The number of fused-ring (bicyclic) bond motifs is 1. The Labute approximate surface area is 197 Å². The summed E-state index contributed by atoms with van der Waals surface area (Å²) in [5, 5.41) is 5.44. The van der Waals surface area contributed by atoms with E-state index >= 15 is 0 Å². The predicted octanol–water partition coefficient (Wildman–Crippen LogP) is 5.81. The number of alkyl halides is 3. The number of nitrogens with two attached hydrogens (primary N) is 1. The zero-order valence-electron chi connectivity index (χ0n) is 19.1. The molecule has 5 rings (SSSR count). The summed E-state index contributed by atoms with van der Waals surface area (Å²) in [5.41, 5.74) is 5.08. The smallest absolute Gasteiger partial charge is 0.380 e. The van der Waals surface area contributed by atoms with Crippen LogP contribution in [0.5, 0.6) is 0 Å². The number of para-hydroxylation sites is 1. The SMILES string of the molecule is CC1=C([NH2+]c2cc(N3CCCCC3)cc(-c3ccccc3C(F)(F)F)n2)c2ccccc2NC1. The fourth-order valence-electron chi connectivity index (χ4n) is 4.81. The lowest BCUT2D eigenvalue weighted by Gasteiger charge is -2.29. The molecule has 3 heterocycles. The molecule has 1 aromatic heterocycles. The molecule has 0 saturated carbocycles. The average molecular weight is 466 g/mol. The van der Waals surface area contributed by atoms with Crippen molar-refractivity contribution in [3.63, 3.8) is 0 Å². The van der Waals surface area contributed by atoms with Gasteiger partial charge in [0.15, 0.2) is 0 Å². The molecule has 2 aliphatic rings. The van der Waals surface area contributed by atoms with Gasteiger partial charge < -0.3 is 10.2 Å². The summed E-state index contributed by atoms with van der Waals surface area (Å²) in [6.07, 6.45) is -1.10. The van der Waals surface area contributed by atoms with E-state index in [1.165, 1.54) is 24.1 Å². The molecule has 0 amide bonds.